The molecule has 0 saturated heterocycles. The topological polar surface area (TPSA) is 58.2 Å². The maximum absolute atomic E-state index is 12.8. The van der Waals surface area contributed by atoms with Gasteiger partial charge in [0.1, 0.15) is 0 Å². The van der Waals surface area contributed by atoms with Crippen molar-refractivity contribution in [3.63, 3.8) is 0 Å². The van der Waals surface area contributed by atoms with E-state index in [9.17, 15) is 22.8 Å². The van der Waals surface area contributed by atoms with E-state index in [0.29, 0.717) is 5.69 Å². The molecule has 0 fully saturated rings. The first kappa shape index (κ1) is 20.5. The fourth-order valence-electron chi connectivity index (χ4n) is 2.20. The summed E-state index contributed by atoms with van der Waals surface area (Å²) in [7, 11) is 1.54. The van der Waals surface area contributed by atoms with Crippen LogP contribution in [0.3, 0.4) is 0 Å². The van der Waals surface area contributed by atoms with E-state index in [1.165, 1.54) is 12.1 Å². The fraction of sp³-hybridized carbons (Fsp3) is 0.158. The summed E-state index contributed by atoms with van der Waals surface area (Å²) in [5, 5.41) is 4.70. The lowest BCUT2D eigenvalue weighted by Crippen LogP contribution is -2.19. The highest BCUT2D eigenvalue weighted by molar-refractivity contribution is 6.31. The summed E-state index contributed by atoms with van der Waals surface area (Å²) in [6, 6.07) is 10.1. The molecule has 0 bridgehead atoms. The third-order valence-corrected chi connectivity index (χ3v) is 3.92. The van der Waals surface area contributed by atoms with E-state index >= 15 is 0 Å². The summed E-state index contributed by atoms with van der Waals surface area (Å²) in [6.45, 7) is 0. The molecule has 2 aromatic carbocycles. The van der Waals surface area contributed by atoms with Gasteiger partial charge in [-0.15, -0.1) is 0 Å². The summed E-state index contributed by atoms with van der Waals surface area (Å²) in [5.41, 5.74) is 0.516. The molecule has 0 atom stereocenters. The molecular weight excluding hydrogens is 381 g/mol. The zero-order chi connectivity index (χ0) is 20.0. The van der Waals surface area contributed by atoms with Crippen LogP contribution in [0.1, 0.15) is 16.7 Å². The Kier molecular flexibility index (Phi) is 6.63. The molecule has 0 aliphatic carbocycles. The average molecular weight is 397 g/mol. The molecule has 142 valence electrons. The number of carbonyl (C=O) groups excluding carboxylic acids is 2. The molecule has 0 radical (unpaired) electrons. The standard InChI is InChI=1S/C19H16ClF3N2O2/c1-24-18(27)11-13-2-6-14(7-3-13)25-17(26)9-5-12-4-8-16(20)15(10-12)19(21,22)23/h2-10H,11H2,1H3,(H,24,27)(H,25,26)/b9-5+. The highest BCUT2D eigenvalue weighted by atomic mass is 35.5. The Morgan fingerprint density at radius 2 is 1.78 bits per heavy atom. The molecule has 2 N–H and O–H groups in total. The van der Waals surface area contributed by atoms with Gasteiger partial charge in [0.2, 0.25) is 11.8 Å². The average Bonchev–Trinajstić information content (AvgIpc) is 2.61. The smallest absolute Gasteiger partial charge is 0.359 e. The Labute approximate surface area is 159 Å². The largest absolute Gasteiger partial charge is 0.417 e. The highest BCUT2D eigenvalue weighted by Crippen LogP contribution is 2.35. The number of rotatable bonds is 5. The van der Waals surface area contributed by atoms with Crippen LogP contribution in [0.4, 0.5) is 18.9 Å². The second kappa shape index (κ2) is 8.73. The minimum absolute atomic E-state index is 0.129. The number of carbonyl (C=O) groups is 2. The first-order valence-electron chi connectivity index (χ1n) is 7.84. The normalized spacial score (nSPS) is 11.4. The van der Waals surface area contributed by atoms with E-state index in [4.69, 9.17) is 11.6 Å². The predicted molar refractivity (Wildman–Crippen MR) is 98.3 cm³/mol. The summed E-state index contributed by atoms with van der Waals surface area (Å²) in [6.07, 6.45) is -1.95. The monoisotopic (exact) mass is 396 g/mol. The Morgan fingerprint density at radius 1 is 1.11 bits per heavy atom. The van der Waals surface area contributed by atoms with Gasteiger partial charge in [-0.3, -0.25) is 9.59 Å². The second-order valence-electron chi connectivity index (χ2n) is 5.61. The lowest BCUT2D eigenvalue weighted by atomic mass is 10.1. The number of hydrogen-bond donors (Lipinski definition) is 2. The van der Waals surface area contributed by atoms with Crippen molar-refractivity contribution < 1.29 is 22.8 Å². The van der Waals surface area contributed by atoms with Crippen LogP contribution >= 0.6 is 11.6 Å². The van der Waals surface area contributed by atoms with E-state index in [2.05, 4.69) is 10.6 Å². The molecule has 2 aromatic rings. The Hall–Kier alpha value is -2.80. The first-order valence-corrected chi connectivity index (χ1v) is 8.22. The van der Waals surface area contributed by atoms with Gasteiger partial charge in [0.25, 0.3) is 0 Å². The summed E-state index contributed by atoms with van der Waals surface area (Å²) < 4.78 is 38.5. The Balaban J connectivity index is 2.02. The van der Waals surface area contributed by atoms with Gasteiger partial charge in [0.15, 0.2) is 0 Å². The molecule has 0 heterocycles. The number of anilines is 1. The van der Waals surface area contributed by atoms with Crippen LogP contribution in [0, 0.1) is 0 Å². The summed E-state index contributed by atoms with van der Waals surface area (Å²) in [5.74, 6) is -0.631. The molecule has 8 heteroatoms. The van der Waals surface area contributed by atoms with Gasteiger partial charge >= 0.3 is 6.18 Å². The minimum atomic E-state index is -4.57. The third-order valence-electron chi connectivity index (χ3n) is 3.59. The van der Waals surface area contributed by atoms with Crippen molar-refractivity contribution in [3.8, 4) is 0 Å². The zero-order valence-corrected chi connectivity index (χ0v) is 15.0. The van der Waals surface area contributed by atoms with E-state index in [-0.39, 0.29) is 17.9 Å². The summed E-state index contributed by atoms with van der Waals surface area (Å²) in [4.78, 5) is 23.2. The number of benzene rings is 2. The van der Waals surface area contributed by atoms with E-state index < -0.39 is 22.7 Å². The van der Waals surface area contributed by atoms with E-state index in [1.54, 1.807) is 31.3 Å². The van der Waals surface area contributed by atoms with Crippen molar-refractivity contribution >= 4 is 35.2 Å². The molecule has 0 aliphatic heterocycles. The third kappa shape index (κ3) is 6.14. The molecule has 0 unspecified atom stereocenters. The summed E-state index contributed by atoms with van der Waals surface area (Å²) >= 11 is 5.56. The van der Waals surface area contributed by atoms with Crippen molar-refractivity contribution in [2.45, 2.75) is 12.6 Å². The quantitative estimate of drug-likeness (QED) is 0.740. The van der Waals surface area contributed by atoms with E-state index in [0.717, 1.165) is 23.8 Å². The van der Waals surface area contributed by atoms with Crippen molar-refractivity contribution in [1.29, 1.82) is 0 Å². The van der Waals surface area contributed by atoms with Crippen LogP contribution in [-0.2, 0) is 22.2 Å². The predicted octanol–water partition coefficient (Wildman–Crippen LogP) is 4.30. The van der Waals surface area contributed by atoms with Crippen LogP contribution in [0.15, 0.2) is 48.5 Å². The maximum Gasteiger partial charge on any atom is 0.417 e. The highest BCUT2D eigenvalue weighted by Gasteiger charge is 2.33. The number of amides is 2. The lowest BCUT2D eigenvalue weighted by molar-refractivity contribution is -0.137. The second-order valence-corrected chi connectivity index (χ2v) is 6.01. The Bertz CT molecular complexity index is 862. The van der Waals surface area contributed by atoms with Gasteiger partial charge in [-0.05, 0) is 41.5 Å². The lowest BCUT2D eigenvalue weighted by Gasteiger charge is -2.09. The van der Waals surface area contributed by atoms with Crippen LogP contribution < -0.4 is 10.6 Å². The molecular formula is C19H16ClF3N2O2. The van der Waals surface area contributed by atoms with Gasteiger partial charge in [0.05, 0.1) is 17.0 Å². The van der Waals surface area contributed by atoms with Crippen molar-refractivity contribution in [1.82, 2.24) is 5.32 Å². The van der Waals surface area contributed by atoms with Crippen molar-refractivity contribution in [2.75, 3.05) is 12.4 Å². The van der Waals surface area contributed by atoms with Gasteiger partial charge in [-0.2, -0.15) is 13.2 Å². The first-order chi connectivity index (χ1) is 12.7. The van der Waals surface area contributed by atoms with Crippen LogP contribution in [0.5, 0.6) is 0 Å². The Morgan fingerprint density at radius 3 is 2.37 bits per heavy atom. The number of alkyl halides is 3. The van der Waals surface area contributed by atoms with Crippen LogP contribution in [-0.4, -0.2) is 18.9 Å². The van der Waals surface area contributed by atoms with Crippen molar-refractivity contribution in [3.05, 3.63) is 70.3 Å². The van der Waals surface area contributed by atoms with Crippen LogP contribution in [0.25, 0.3) is 6.08 Å². The molecule has 4 nitrogen and oxygen atoms in total. The SMILES string of the molecule is CNC(=O)Cc1ccc(NC(=O)/C=C/c2ccc(Cl)c(C(F)(F)F)c2)cc1. The molecule has 0 aliphatic rings. The maximum atomic E-state index is 12.8. The van der Waals surface area contributed by atoms with Gasteiger partial charge in [-0.25, -0.2) is 0 Å². The van der Waals surface area contributed by atoms with E-state index in [1.807, 2.05) is 0 Å². The van der Waals surface area contributed by atoms with Crippen LogP contribution in [0.2, 0.25) is 5.02 Å². The number of likely N-dealkylation sites (N-methyl/N-ethyl adjacent to an activating group) is 1. The molecule has 0 spiro atoms. The zero-order valence-electron chi connectivity index (χ0n) is 14.2. The molecule has 0 aromatic heterocycles. The number of hydrogen-bond acceptors (Lipinski definition) is 2. The van der Waals surface area contributed by atoms with Gasteiger partial charge in [-0.1, -0.05) is 29.8 Å². The van der Waals surface area contributed by atoms with Gasteiger partial charge < -0.3 is 10.6 Å². The molecule has 27 heavy (non-hydrogen) atoms. The van der Waals surface area contributed by atoms with Crippen molar-refractivity contribution in [2.24, 2.45) is 0 Å². The minimum Gasteiger partial charge on any atom is -0.359 e. The molecule has 0 saturated carbocycles. The molecule has 2 amide bonds. The fourth-order valence-corrected chi connectivity index (χ4v) is 2.42. The number of halogens is 4. The number of nitrogens with one attached hydrogen (secondary N) is 2. The molecule has 2 rings (SSSR count). The van der Waals surface area contributed by atoms with Gasteiger partial charge in [0, 0.05) is 18.8 Å².